The van der Waals surface area contributed by atoms with Gasteiger partial charge in [-0.1, -0.05) is 27.7 Å². The highest BCUT2D eigenvalue weighted by atomic mass is 15.2. The Balaban J connectivity index is 1.69. The molecule has 1 heterocycles. The van der Waals surface area contributed by atoms with E-state index in [1.54, 1.807) is 0 Å². The Morgan fingerprint density at radius 2 is 1.79 bits per heavy atom. The van der Waals surface area contributed by atoms with Crippen LogP contribution >= 0.6 is 0 Å². The Morgan fingerprint density at radius 1 is 1.11 bits per heavy atom. The minimum atomic E-state index is 0.540. The summed E-state index contributed by atoms with van der Waals surface area (Å²) in [5, 5.41) is 3.63. The number of piperidine rings is 1. The van der Waals surface area contributed by atoms with Crippen LogP contribution in [0.15, 0.2) is 0 Å². The van der Waals surface area contributed by atoms with Crippen LogP contribution in [0.4, 0.5) is 0 Å². The van der Waals surface area contributed by atoms with Crippen LogP contribution in [-0.2, 0) is 0 Å². The lowest BCUT2D eigenvalue weighted by molar-refractivity contribution is -0.0107. The predicted octanol–water partition coefficient (Wildman–Crippen LogP) is 3.28. The van der Waals surface area contributed by atoms with E-state index in [1.165, 1.54) is 45.2 Å². The zero-order valence-corrected chi connectivity index (χ0v) is 13.3. The number of hydrogen-bond donors (Lipinski definition) is 1. The van der Waals surface area contributed by atoms with Crippen molar-refractivity contribution in [1.82, 2.24) is 10.2 Å². The van der Waals surface area contributed by atoms with Crippen molar-refractivity contribution < 1.29 is 0 Å². The third-order valence-corrected chi connectivity index (χ3v) is 6.58. The van der Waals surface area contributed by atoms with Crippen molar-refractivity contribution in [2.24, 2.45) is 16.7 Å². The van der Waals surface area contributed by atoms with E-state index in [1.807, 2.05) is 0 Å². The molecule has 2 nitrogen and oxygen atoms in total. The first kappa shape index (κ1) is 13.9. The van der Waals surface area contributed by atoms with Gasteiger partial charge < -0.3 is 5.32 Å². The van der Waals surface area contributed by atoms with Crippen LogP contribution in [0, 0.1) is 16.7 Å². The van der Waals surface area contributed by atoms with Gasteiger partial charge in [-0.2, -0.15) is 0 Å². The van der Waals surface area contributed by atoms with Crippen LogP contribution in [0.2, 0.25) is 0 Å². The molecule has 0 radical (unpaired) electrons. The van der Waals surface area contributed by atoms with Gasteiger partial charge >= 0.3 is 0 Å². The Hall–Kier alpha value is -0.0800. The van der Waals surface area contributed by atoms with Gasteiger partial charge in [-0.05, 0) is 68.5 Å². The van der Waals surface area contributed by atoms with Crippen molar-refractivity contribution in [2.75, 3.05) is 19.6 Å². The van der Waals surface area contributed by atoms with E-state index < -0.39 is 0 Å². The van der Waals surface area contributed by atoms with E-state index in [0.29, 0.717) is 10.8 Å². The first-order valence-corrected chi connectivity index (χ1v) is 8.45. The fourth-order valence-electron chi connectivity index (χ4n) is 5.84. The summed E-state index contributed by atoms with van der Waals surface area (Å²) in [6, 6.07) is 1.61. The molecule has 0 aromatic carbocycles. The van der Waals surface area contributed by atoms with Crippen molar-refractivity contribution in [3.8, 4) is 0 Å². The van der Waals surface area contributed by atoms with Crippen LogP contribution in [0.3, 0.4) is 0 Å². The normalized spacial score (nSPS) is 42.9. The number of fused-ring (bicyclic) bond motifs is 2. The summed E-state index contributed by atoms with van der Waals surface area (Å²) in [7, 11) is 0. The standard InChI is InChI=1S/C17H32N2/c1-5-18-14-7-10-19(11-8-14)15-16(2,3)13-6-9-17(15,4)12-13/h13-15,18H,5-12H2,1-4H3. The molecule has 3 unspecified atom stereocenters. The molecule has 3 rings (SSSR count). The molecule has 3 aliphatic rings. The second-order valence-electron chi connectivity index (χ2n) is 8.19. The van der Waals surface area contributed by atoms with E-state index in [0.717, 1.165) is 24.5 Å². The topological polar surface area (TPSA) is 15.3 Å². The number of hydrogen-bond acceptors (Lipinski definition) is 2. The Bertz CT molecular complexity index is 325. The summed E-state index contributed by atoms with van der Waals surface area (Å²) < 4.78 is 0. The average Bonchev–Trinajstić information content (AvgIpc) is 2.83. The van der Waals surface area contributed by atoms with E-state index in [2.05, 4.69) is 37.9 Å². The van der Waals surface area contributed by atoms with E-state index in [9.17, 15) is 0 Å². The Labute approximate surface area is 119 Å². The van der Waals surface area contributed by atoms with Crippen LogP contribution in [0.5, 0.6) is 0 Å². The first-order chi connectivity index (χ1) is 8.97. The number of nitrogens with zero attached hydrogens (tertiary/aromatic N) is 1. The lowest BCUT2D eigenvalue weighted by Gasteiger charge is -2.51. The molecule has 3 fully saturated rings. The molecule has 1 aliphatic heterocycles. The third-order valence-electron chi connectivity index (χ3n) is 6.58. The van der Waals surface area contributed by atoms with Crippen LogP contribution in [0.25, 0.3) is 0 Å². The molecule has 2 aliphatic carbocycles. The molecular weight excluding hydrogens is 232 g/mol. The lowest BCUT2D eigenvalue weighted by atomic mass is 9.67. The number of rotatable bonds is 3. The highest BCUT2D eigenvalue weighted by molar-refractivity contribution is 5.13. The molecule has 0 aromatic rings. The zero-order chi connectivity index (χ0) is 13.7. The Morgan fingerprint density at radius 3 is 2.32 bits per heavy atom. The minimum absolute atomic E-state index is 0.540. The SMILES string of the molecule is CCNC1CCN(C2C3(C)CCC(C3)C2(C)C)CC1. The largest absolute Gasteiger partial charge is 0.314 e. The van der Waals surface area contributed by atoms with Crippen molar-refractivity contribution in [2.45, 2.75) is 71.9 Å². The summed E-state index contributed by atoms with van der Waals surface area (Å²) >= 11 is 0. The summed E-state index contributed by atoms with van der Waals surface area (Å²) in [6.45, 7) is 13.6. The van der Waals surface area contributed by atoms with Crippen LogP contribution in [0.1, 0.15) is 59.8 Å². The molecule has 110 valence electrons. The maximum absolute atomic E-state index is 3.63. The van der Waals surface area contributed by atoms with Crippen molar-refractivity contribution >= 4 is 0 Å². The van der Waals surface area contributed by atoms with Gasteiger partial charge in [-0.25, -0.2) is 0 Å². The molecule has 2 heteroatoms. The van der Waals surface area contributed by atoms with Crippen molar-refractivity contribution in [3.05, 3.63) is 0 Å². The summed E-state index contributed by atoms with van der Waals surface area (Å²) in [4.78, 5) is 2.85. The van der Waals surface area contributed by atoms with Gasteiger partial charge in [0.05, 0.1) is 0 Å². The monoisotopic (exact) mass is 264 g/mol. The molecule has 0 spiro atoms. The maximum Gasteiger partial charge on any atom is 0.0203 e. The molecule has 2 saturated carbocycles. The minimum Gasteiger partial charge on any atom is -0.314 e. The van der Waals surface area contributed by atoms with Gasteiger partial charge in [-0.15, -0.1) is 0 Å². The van der Waals surface area contributed by atoms with E-state index in [4.69, 9.17) is 0 Å². The van der Waals surface area contributed by atoms with Gasteiger partial charge in [0.25, 0.3) is 0 Å². The quantitative estimate of drug-likeness (QED) is 0.841. The summed E-state index contributed by atoms with van der Waals surface area (Å²) in [5.41, 5.74) is 1.15. The fraction of sp³-hybridized carbons (Fsp3) is 1.00. The molecule has 19 heavy (non-hydrogen) atoms. The molecule has 1 saturated heterocycles. The molecule has 3 atom stereocenters. The highest BCUT2D eigenvalue weighted by Crippen LogP contribution is 2.64. The average molecular weight is 264 g/mol. The molecule has 0 aromatic heterocycles. The highest BCUT2D eigenvalue weighted by Gasteiger charge is 2.60. The van der Waals surface area contributed by atoms with Crippen LogP contribution < -0.4 is 5.32 Å². The third kappa shape index (κ3) is 2.15. The second-order valence-corrected chi connectivity index (χ2v) is 8.19. The van der Waals surface area contributed by atoms with Gasteiger partial charge in [-0.3, -0.25) is 4.90 Å². The number of likely N-dealkylation sites (tertiary alicyclic amines) is 1. The lowest BCUT2D eigenvalue weighted by Crippen LogP contribution is -2.56. The first-order valence-electron chi connectivity index (χ1n) is 8.45. The van der Waals surface area contributed by atoms with Gasteiger partial charge in [0, 0.05) is 12.1 Å². The fourth-order valence-corrected chi connectivity index (χ4v) is 5.84. The molecule has 2 bridgehead atoms. The molecule has 0 amide bonds. The number of nitrogens with one attached hydrogen (secondary N) is 1. The maximum atomic E-state index is 3.63. The van der Waals surface area contributed by atoms with Crippen LogP contribution in [-0.4, -0.2) is 36.6 Å². The van der Waals surface area contributed by atoms with E-state index >= 15 is 0 Å². The molecular formula is C17H32N2. The van der Waals surface area contributed by atoms with E-state index in [-0.39, 0.29) is 0 Å². The summed E-state index contributed by atoms with van der Waals surface area (Å²) in [6.07, 6.45) is 7.13. The van der Waals surface area contributed by atoms with Gasteiger partial charge in [0.2, 0.25) is 0 Å². The van der Waals surface area contributed by atoms with Crippen molar-refractivity contribution in [3.63, 3.8) is 0 Å². The molecule has 1 N–H and O–H groups in total. The zero-order valence-electron chi connectivity index (χ0n) is 13.3. The van der Waals surface area contributed by atoms with Crippen molar-refractivity contribution in [1.29, 1.82) is 0 Å². The predicted molar refractivity (Wildman–Crippen MR) is 81.3 cm³/mol. The second kappa shape index (κ2) is 4.73. The Kier molecular flexibility index (Phi) is 3.46. The summed E-state index contributed by atoms with van der Waals surface area (Å²) in [5.74, 6) is 0.981. The smallest absolute Gasteiger partial charge is 0.0203 e. The van der Waals surface area contributed by atoms with Gasteiger partial charge in [0.15, 0.2) is 0 Å². The van der Waals surface area contributed by atoms with Gasteiger partial charge in [0.1, 0.15) is 0 Å².